The van der Waals surface area contributed by atoms with E-state index in [4.69, 9.17) is 0 Å². The Bertz CT molecular complexity index is 514. The summed E-state index contributed by atoms with van der Waals surface area (Å²) in [6.07, 6.45) is 9.00. The molecule has 0 amide bonds. The molecule has 2 heterocycles. The van der Waals surface area contributed by atoms with Gasteiger partial charge in [-0.3, -0.25) is 4.98 Å². The molecule has 3 heteroatoms. The normalized spacial score (nSPS) is 19.8. The van der Waals surface area contributed by atoms with Gasteiger partial charge in [-0.25, -0.2) is 0 Å². The van der Waals surface area contributed by atoms with Crippen LogP contribution in [0.1, 0.15) is 50.2 Å². The van der Waals surface area contributed by atoms with Crippen LogP contribution in [-0.2, 0) is 0 Å². The molecule has 2 aromatic rings. The third-order valence-electron chi connectivity index (χ3n) is 4.01. The first-order valence-corrected chi connectivity index (χ1v) is 7.74. The van der Waals surface area contributed by atoms with E-state index in [0.717, 1.165) is 23.9 Å². The summed E-state index contributed by atoms with van der Waals surface area (Å²) in [6, 6.07) is 4.14. The van der Waals surface area contributed by atoms with Crippen LogP contribution < -0.4 is 0 Å². The van der Waals surface area contributed by atoms with Gasteiger partial charge in [0.25, 0.3) is 0 Å². The maximum Gasteiger partial charge on any atom is 0.0833 e. The number of aliphatic hydroxyl groups excluding tert-OH is 1. The van der Waals surface area contributed by atoms with Crippen LogP contribution in [0.25, 0.3) is 10.2 Å². The maximum atomic E-state index is 10.5. The quantitative estimate of drug-likeness (QED) is 0.818. The summed E-state index contributed by atoms with van der Waals surface area (Å²) < 4.78 is 1.18. The minimum absolute atomic E-state index is 0.331. The van der Waals surface area contributed by atoms with Gasteiger partial charge in [-0.2, -0.15) is 0 Å². The summed E-state index contributed by atoms with van der Waals surface area (Å²) in [5.74, 6) is 0.423. The molecule has 2 aromatic heterocycles. The second-order valence-electron chi connectivity index (χ2n) is 5.27. The van der Waals surface area contributed by atoms with Crippen molar-refractivity contribution >= 4 is 21.6 Å². The second-order valence-corrected chi connectivity index (χ2v) is 6.22. The fourth-order valence-electron chi connectivity index (χ4n) is 2.92. The molecule has 1 saturated carbocycles. The van der Waals surface area contributed by atoms with Gasteiger partial charge in [0.15, 0.2) is 0 Å². The molecule has 0 spiro atoms. The standard InChI is InChI=1S/C15H19NOS/c17-15(11-5-3-1-2-4-6-11)12-9-14-13(16-10-12)7-8-18-14/h7-11,15,17H,1-6H2. The van der Waals surface area contributed by atoms with Crippen molar-refractivity contribution in [3.05, 3.63) is 29.3 Å². The Morgan fingerprint density at radius 2 is 2.00 bits per heavy atom. The molecule has 1 N–H and O–H groups in total. The lowest BCUT2D eigenvalue weighted by molar-refractivity contribution is 0.0986. The summed E-state index contributed by atoms with van der Waals surface area (Å²) in [6.45, 7) is 0. The Hall–Kier alpha value is -0.930. The van der Waals surface area contributed by atoms with Crippen LogP contribution in [0.5, 0.6) is 0 Å². The summed E-state index contributed by atoms with van der Waals surface area (Å²) >= 11 is 1.70. The first-order chi connectivity index (χ1) is 8.84. The number of nitrogens with zero attached hydrogens (tertiary/aromatic N) is 1. The smallest absolute Gasteiger partial charge is 0.0833 e. The zero-order valence-corrected chi connectivity index (χ0v) is 11.3. The fraction of sp³-hybridized carbons (Fsp3) is 0.533. The molecule has 0 aromatic carbocycles. The van der Waals surface area contributed by atoms with E-state index in [9.17, 15) is 5.11 Å². The highest BCUT2D eigenvalue weighted by atomic mass is 32.1. The van der Waals surface area contributed by atoms with Crippen LogP contribution in [0.4, 0.5) is 0 Å². The predicted octanol–water partition coefficient (Wildman–Crippen LogP) is 4.30. The number of rotatable bonds is 2. The van der Waals surface area contributed by atoms with E-state index in [1.165, 1.54) is 30.4 Å². The van der Waals surface area contributed by atoms with Gasteiger partial charge in [0.2, 0.25) is 0 Å². The van der Waals surface area contributed by atoms with Gasteiger partial charge >= 0.3 is 0 Å². The molecule has 1 fully saturated rings. The zero-order chi connectivity index (χ0) is 12.4. The second kappa shape index (κ2) is 5.37. The summed E-state index contributed by atoms with van der Waals surface area (Å²) in [7, 11) is 0. The van der Waals surface area contributed by atoms with Crippen molar-refractivity contribution in [1.29, 1.82) is 0 Å². The lowest BCUT2D eigenvalue weighted by Gasteiger charge is -2.21. The molecule has 0 aliphatic heterocycles. The van der Waals surface area contributed by atoms with E-state index in [2.05, 4.69) is 16.4 Å². The SMILES string of the molecule is OC(c1cnc2ccsc2c1)C1CCCCCC1. The van der Waals surface area contributed by atoms with E-state index in [0.29, 0.717) is 5.92 Å². The number of aromatic nitrogens is 1. The van der Waals surface area contributed by atoms with Gasteiger partial charge in [0.1, 0.15) is 0 Å². The molecule has 0 saturated heterocycles. The minimum Gasteiger partial charge on any atom is -0.388 e. The van der Waals surface area contributed by atoms with Gasteiger partial charge in [-0.1, -0.05) is 25.7 Å². The van der Waals surface area contributed by atoms with Gasteiger partial charge in [-0.15, -0.1) is 11.3 Å². The first kappa shape index (κ1) is 12.1. The maximum absolute atomic E-state index is 10.5. The Morgan fingerprint density at radius 3 is 2.78 bits per heavy atom. The molecule has 0 bridgehead atoms. The zero-order valence-electron chi connectivity index (χ0n) is 10.5. The molecule has 3 rings (SSSR count). The van der Waals surface area contributed by atoms with E-state index in [-0.39, 0.29) is 6.10 Å². The predicted molar refractivity (Wildman–Crippen MR) is 75.8 cm³/mol. The summed E-state index contributed by atoms with van der Waals surface area (Å²) in [5.41, 5.74) is 2.04. The average Bonchev–Trinajstić information content (AvgIpc) is 2.69. The summed E-state index contributed by atoms with van der Waals surface area (Å²) in [5, 5.41) is 12.6. The van der Waals surface area contributed by atoms with E-state index >= 15 is 0 Å². The Balaban J connectivity index is 1.83. The lowest BCUT2D eigenvalue weighted by atomic mass is 9.90. The van der Waals surface area contributed by atoms with Crippen LogP contribution >= 0.6 is 11.3 Å². The van der Waals surface area contributed by atoms with Gasteiger partial charge in [0, 0.05) is 11.8 Å². The number of fused-ring (bicyclic) bond motifs is 1. The molecule has 18 heavy (non-hydrogen) atoms. The van der Waals surface area contributed by atoms with Crippen LogP contribution in [0.3, 0.4) is 0 Å². The Labute approximate surface area is 112 Å². The monoisotopic (exact) mass is 261 g/mol. The van der Waals surface area contributed by atoms with E-state index < -0.39 is 0 Å². The highest BCUT2D eigenvalue weighted by molar-refractivity contribution is 7.17. The van der Waals surface area contributed by atoms with Crippen molar-refractivity contribution < 1.29 is 5.11 Å². The molecule has 96 valence electrons. The first-order valence-electron chi connectivity index (χ1n) is 6.86. The van der Waals surface area contributed by atoms with Crippen LogP contribution in [0, 0.1) is 5.92 Å². The number of aliphatic hydroxyl groups is 1. The van der Waals surface area contributed by atoms with Crippen molar-refractivity contribution in [2.45, 2.75) is 44.6 Å². The number of hydrogen-bond donors (Lipinski definition) is 1. The van der Waals surface area contributed by atoms with Gasteiger partial charge in [-0.05, 0) is 36.3 Å². The number of thiophene rings is 1. The highest BCUT2D eigenvalue weighted by Crippen LogP contribution is 2.34. The Morgan fingerprint density at radius 1 is 1.22 bits per heavy atom. The molecule has 2 nitrogen and oxygen atoms in total. The molecule has 1 aliphatic carbocycles. The minimum atomic E-state index is -0.331. The number of hydrogen-bond acceptors (Lipinski definition) is 3. The molecule has 0 radical (unpaired) electrons. The molecular weight excluding hydrogens is 242 g/mol. The third kappa shape index (κ3) is 2.43. The van der Waals surface area contributed by atoms with Crippen LogP contribution in [-0.4, -0.2) is 10.1 Å². The summed E-state index contributed by atoms with van der Waals surface area (Å²) in [4.78, 5) is 4.43. The van der Waals surface area contributed by atoms with Crippen LogP contribution in [0.2, 0.25) is 0 Å². The molecule has 1 aliphatic rings. The fourth-order valence-corrected chi connectivity index (χ4v) is 3.71. The van der Waals surface area contributed by atoms with E-state index in [1.807, 2.05) is 12.3 Å². The molecular formula is C15H19NOS. The van der Waals surface area contributed by atoms with Crippen molar-refractivity contribution in [2.75, 3.05) is 0 Å². The molecule has 1 atom stereocenters. The van der Waals surface area contributed by atoms with Gasteiger partial charge < -0.3 is 5.11 Å². The van der Waals surface area contributed by atoms with Crippen molar-refractivity contribution in [1.82, 2.24) is 4.98 Å². The average molecular weight is 261 g/mol. The van der Waals surface area contributed by atoms with Gasteiger partial charge in [0.05, 0.1) is 16.3 Å². The highest BCUT2D eigenvalue weighted by Gasteiger charge is 2.22. The van der Waals surface area contributed by atoms with Crippen molar-refractivity contribution in [3.8, 4) is 0 Å². The van der Waals surface area contributed by atoms with E-state index in [1.54, 1.807) is 11.3 Å². The largest absolute Gasteiger partial charge is 0.388 e. The number of pyridine rings is 1. The Kier molecular flexibility index (Phi) is 3.62. The van der Waals surface area contributed by atoms with Crippen molar-refractivity contribution in [2.24, 2.45) is 5.92 Å². The topological polar surface area (TPSA) is 33.1 Å². The van der Waals surface area contributed by atoms with Crippen LogP contribution in [0.15, 0.2) is 23.7 Å². The van der Waals surface area contributed by atoms with Crippen molar-refractivity contribution in [3.63, 3.8) is 0 Å². The molecule has 1 unspecified atom stereocenters. The lowest BCUT2D eigenvalue weighted by Crippen LogP contribution is -2.12. The third-order valence-corrected chi connectivity index (χ3v) is 4.86.